The zero-order valence-corrected chi connectivity index (χ0v) is 12.5. The molecule has 0 bridgehead atoms. The van der Waals surface area contributed by atoms with Gasteiger partial charge in [-0.25, -0.2) is 0 Å². The number of halogens is 1. The molecule has 0 radical (unpaired) electrons. The first-order valence-corrected chi connectivity index (χ1v) is 7.08. The van der Waals surface area contributed by atoms with Crippen molar-refractivity contribution in [1.29, 1.82) is 0 Å². The summed E-state index contributed by atoms with van der Waals surface area (Å²) >= 11 is 3.43. The van der Waals surface area contributed by atoms with E-state index in [1.54, 1.807) is 7.11 Å². The van der Waals surface area contributed by atoms with Crippen molar-refractivity contribution in [3.63, 3.8) is 0 Å². The number of rotatable bonds is 9. The highest BCUT2D eigenvalue weighted by molar-refractivity contribution is 9.10. The normalized spacial score (nSPS) is 12.6. The van der Waals surface area contributed by atoms with E-state index in [0.29, 0.717) is 13.2 Å². The lowest BCUT2D eigenvalue weighted by molar-refractivity contribution is 0.0682. The summed E-state index contributed by atoms with van der Waals surface area (Å²) in [7, 11) is 1.68. The summed E-state index contributed by atoms with van der Waals surface area (Å²) in [5.74, 6) is 0. The Morgan fingerprint density at radius 3 is 2.56 bits per heavy atom. The molecule has 0 saturated carbocycles. The summed E-state index contributed by atoms with van der Waals surface area (Å²) in [6.45, 7) is 2.08. The summed E-state index contributed by atoms with van der Waals surface area (Å²) in [6, 6.07) is 8.53. The fourth-order valence-corrected chi connectivity index (χ4v) is 1.98. The van der Waals surface area contributed by atoms with Crippen LogP contribution in [0, 0.1) is 0 Å². The molecule has 1 aromatic rings. The van der Waals surface area contributed by atoms with Crippen LogP contribution in [0.25, 0.3) is 0 Å². The number of methoxy groups -OCH3 is 1. The number of ether oxygens (including phenoxy) is 2. The predicted octanol–water partition coefficient (Wildman–Crippen LogP) is 2.76. The van der Waals surface area contributed by atoms with Gasteiger partial charge in [0.15, 0.2) is 0 Å². The fraction of sp³-hybridized carbons (Fsp3) is 0.571. The summed E-state index contributed by atoms with van der Waals surface area (Å²) in [4.78, 5) is 0. The Balaban J connectivity index is 2.10. The van der Waals surface area contributed by atoms with E-state index in [-0.39, 0.29) is 6.04 Å². The molecule has 1 aromatic carbocycles. The van der Waals surface area contributed by atoms with Crippen LogP contribution in [-0.2, 0) is 15.9 Å². The van der Waals surface area contributed by atoms with Gasteiger partial charge in [-0.05, 0) is 37.0 Å². The molecule has 18 heavy (non-hydrogen) atoms. The van der Waals surface area contributed by atoms with Gasteiger partial charge in [0.2, 0.25) is 0 Å². The predicted molar refractivity (Wildman–Crippen MR) is 77.8 cm³/mol. The fourth-order valence-electron chi connectivity index (χ4n) is 1.72. The zero-order valence-electron chi connectivity index (χ0n) is 10.9. The van der Waals surface area contributed by atoms with Crippen molar-refractivity contribution in [3.05, 3.63) is 34.3 Å². The van der Waals surface area contributed by atoms with Crippen LogP contribution in [0.1, 0.15) is 18.4 Å². The first kappa shape index (κ1) is 15.6. The number of hydrogen-bond donors (Lipinski definition) is 1. The molecule has 0 aliphatic heterocycles. The van der Waals surface area contributed by atoms with E-state index in [1.807, 2.05) is 0 Å². The van der Waals surface area contributed by atoms with E-state index >= 15 is 0 Å². The SMILES string of the molecule is COCCOCCCC(N)Cc1ccc(Br)cc1. The Labute approximate surface area is 118 Å². The van der Waals surface area contributed by atoms with E-state index in [9.17, 15) is 0 Å². The minimum Gasteiger partial charge on any atom is -0.382 e. The molecule has 0 aromatic heterocycles. The second kappa shape index (κ2) is 9.50. The van der Waals surface area contributed by atoms with Gasteiger partial charge in [-0.3, -0.25) is 0 Å². The first-order valence-electron chi connectivity index (χ1n) is 6.29. The average molecular weight is 316 g/mol. The lowest BCUT2D eigenvalue weighted by Crippen LogP contribution is -2.23. The largest absolute Gasteiger partial charge is 0.382 e. The van der Waals surface area contributed by atoms with Crippen LogP contribution in [-0.4, -0.2) is 33.0 Å². The van der Waals surface area contributed by atoms with Crippen molar-refractivity contribution < 1.29 is 9.47 Å². The van der Waals surface area contributed by atoms with E-state index < -0.39 is 0 Å². The topological polar surface area (TPSA) is 44.5 Å². The van der Waals surface area contributed by atoms with Crippen LogP contribution in [0.3, 0.4) is 0 Å². The summed E-state index contributed by atoms with van der Waals surface area (Å²) in [5, 5.41) is 0. The van der Waals surface area contributed by atoms with E-state index in [2.05, 4.69) is 40.2 Å². The Bertz CT molecular complexity index is 316. The molecule has 4 heteroatoms. The molecule has 1 atom stereocenters. The van der Waals surface area contributed by atoms with Gasteiger partial charge >= 0.3 is 0 Å². The molecule has 1 unspecified atom stereocenters. The molecule has 1 rings (SSSR count). The third-order valence-electron chi connectivity index (χ3n) is 2.71. The Hall–Kier alpha value is -0.420. The van der Waals surface area contributed by atoms with E-state index in [4.69, 9.17) is 15.2 Å². The lowest BCUT2D eigenvalue weighted by atomic mass is 10.0. The van der Waals surface area contributed by atoms with Crippen LogP contribution in [0.2, 0.25) is 0 Å². The van der Waals surface area contributed by atoms with Gasteiger partial charge in [-0.1, -0.05) is 28.1 Å². The van der Waals surface area contributed by atoms with Crippen LogP contribution in [0.4, 0.5) is 0 Å². The molecule has 0 saturated heterocycles. The van der Waals surface area contributed by atoms with E-state index in [1.165, 1.54) is 5.56 Å². The minimum absolute atomic E-state index is 0.206. The van der Waals surface area contributed by atoms with Gasteiger partial charge in [0.05, 0.1) is 13.2 Å². The van der Waals surface area contributed by atoms with Gasteiger partial charge in [0.1, 0.15) is 0 Å². The smallest absolute Gasteiger partial charge is 0.0700 e. The first-order chi connectivity index (χ1) is 8.72. The highest BCUT2D eigenvalue weighted by atomic mass is 79.9. The van der Waals surface area contributed by atoms with E-state index in [0.717, 1.165) is 30.3 Å². The maximum Gasteiger partial charge on any atom is 0.0700 e. The highest BCUT2D eigenvalue weighted by Crippen LogP contribution is 2.12. The molecular weight excluding hydrogens is 294 g/mol. The molecular formula is C14H22BrNO2. The van der Waals surface area contributed by atoms with Crippen molar-refractivity contribution in [2.45, 2.75) is 25.3 Å². The molecule has 0 fully saturated rings. The molecule has 0 amide bonds. The third kappa shape index (κ3) is 7.11. The zero-order chi connectivity index (χ0) is 13.2. The van der Waals surface area contributed by atoms with Crippen LogP contribution in [0.15, 0.2) is 28.7 Å². The summed E-state index contributed by atoms with van der Waals surface area (Å²) in [6.07, 6.45) is 2.91. The van der Waals surface area contributed by atoms with Crippen molar-refractivity contribution in [2.75, 3.05) is 26.9 Å². The standard InChI is InChI=1S/C14H22BrNO2/c1-17-9-10-18-8-2-3-14(16)11-12-4-6-13(15)7-5-12/h4-7,14H,2-3,8-11,16H2,1H3. The molecule has 0 aliphatic rings. The van der Waals surface area contributed by atoms with Gasteiger partial charge in [0, 0.05) is 24.2 Å². The number of benzene rings is 1. The quantitative estimate of drug-likeness (QED) is 0.713. The Morgan fingerprint density at radius 2 is 1.89 bits per heavy atom. The van der Waals surface area contributed by atoms with Gasteiger partial charge in [-0.15, -0.1) is 0 Å². The number of nitrogens with two attached hydrogens (primary N) is 1. The average Bonchev–Trinajstić information content (AvgIpc) is 2.36. The second-order valence-electron chi connectivity index (χ2n) is 4.34. The summed E-state index contributed by atoms with van der Waals surface area (Å²) < 4.78 is 11.4. The van der Waals surface area contributed by atoms with Gasteiger partial charge in [0.25, 0.3) is 0 Å². The maximum atomic E-state index is 6.09. The molecule has 2 N–H and O–H groups in total. The van der Waals surface area contributed by atoms with Crippen molar-refractivity contribution in [2.24, 2.45) is 5.73 Å². The van der Waals surface area contributed by atoms with Crippen molar-refractivity contribution in [1.82, 2.24) is 0 Å². The van der Waals surface area contributed by atoms with Crippen molar-refractivity contribution >= 4 is 15.9 Å². The van der Waals surface area contributed by atoms with Gasteiger partial charge in [-0.2, -0.15) is 0 Å². The molecule has 0 heterocycles. The molecule has 102 valence electrons. The lowest BCUT2D eigenvalue weighted by Gasteiger charge is -2.11. The van der Waals surface area contributed by atoms with Crippen molar-refractivity contribution in [3.8, 4) is 0 Å². The Kier molecular flexibility index (Phi) is 8.25. The molecule has 3 nitrogen and oxygen atoms in total. The highest BCUT2D eigenvalue weighted by Gasteiger charge is 2.04. The van der Waals surface area contributed by atoms with Gasteiger partial charge < -0.3 is 15.2 Å². The maximum absolute atomic E-state index is 6.09. The minimum atomic E-state index is 0.206. The molecule has 0 aliphatic carbocycles. The van der Waals surface area contributed by atoms with Crippen LogP contribution < -0.4 is 5.73 Å². The van der Waals surface area contributed by atoms with Crippen LogP contribution >= 0.6 is 15.9 Å². The van der Waals surface area contributed by atoms with Crippen LogP contribution in [0.5, 0.6) is 0 Å². The number of hydrogen-bond acceptors (Lipinski definition) is 3. The second-order valence-corrected chi connectivity index (χ2v) is 5.25. The third-order valence-corrected chi connectivity index (χ3v) is 3.24. The monoisotopic (exact) mass is 315 g/mol. The summed E-state index contributed by atoms with van der Waals surface area (Å²) in [5.41, 5.74) is 7.38. The molecule has 0 spiro atoms. The Morgan fingerprint density at radius 1 is 1.17 bits per heavy atom.